The van der Waals surface area contributed by atoms with Crippen molar-refractivity contribution in [3.63, 3.8) is 0 Å². The van der Waals surface area contributed by atoms with E-state index >= 15 is 0 Å². The average Bonchev–Trinajstić information content (AvgIpc) is 2.77. The first-order chi connectivity index (χ1) is 8.74. The van der Waals surface area contributed by atoms with Crippen LogP contribution in [0.2, 0.25) is 5.02 Å². The van der Waals surface area contributed by atoms with Gasteiger partial charge in [0.25, 0.3) is 0 Å². The summed E-state index contributed by atoms with van der Waals surface area (Å²) >= 11 is 8.03. The van der Waals surface area contributed by atoms with Gasteiger partial charge in [0, 0.05) is 18.6 Å². The molecule has 1 aliphatic rings. The summed E-state index contributed by atoms with van der Waals surface area (Å²) in [6, 6.07) is -0.246. The molecule has 1 aromatic rings. The van der Waals surface area contributed by atoms with Gasteiger partial charge in [0.1, 0.15) is 0 Å². The normalized spacial score (nSPS) is 22.1. The number of methoxy groups -OCH3 is 1. The maximum Gasteiger partial charge on any atom is 0.0873 e. The van der Waals surface area contributed by atoms with Crippen LogP contribution in [0.4, 0.5) is 0 Å². The lowest BCUT2D eigenvalue weighted by Gasteiger charge is -2.28. The van der Waals surface area contributed by atoms with Crippen molar-refractivity contribution in [1.82, 2.24) is 9.78 Å². The summed E-state index contributed by atoms with van der Waals surface area (Å²) < 4.78 is 12.6. The molecule has 0 bridgehead atoms. The van der Waals surface area contributed by atoms with E-state index in [2.05, 4.69) is 5.10 Å². The second-order valence-electron chi connectivity index (χ2n) is 4.10. The fourth-order valence-electron chi connectivity index (χ4n) is 1.95. The van der Waals surface area contributed by atoms with Gasteiger partial charge in [-0.05, 0) is 0 Å². The van der Waals surface area contributed by atoms with Gasteiger partial charge in [0.2, 0.25) is 0 Å². The lowest BCUT2D eigenvalue weighted by atomic mass is 10.1. The van der Waals surface area contributed by atoms with Gasteiger partial charge >= 0.3 is 0 Å². The lowest BCUT2D eigenvalue weighted by molar-refractivity contribution is 0.0544. The van der Waals surface area contributed by atoms with E-state index in [-0.39, 0.29) is 12.1 Å². The number of halogens is 1. The van der Waals surface area contributed by atoms with Crippen molar-refractivity contribution in [3.8, 4) is 0 Å². The summed E-state index contributed by atoms with van der Waals surface area (Å²) in [6.45, 7) is 1.97. The van der Waals surface area contributed by atoms with E-state index < -0.39 is 0 Å². The molecule has 2 rings (SSSR count). The highest BCUT2D eigenvalue weighted by Crippen LogP contribution is 2.28. The molecule has 1 fully saturated rings. The van der Waals surface area contributed by atoms with Crippen LogP contribution in [-0.4, -0.2) is 47.7 Å². The van der Waals surface area contributed by atoms with Crippen LogP contribution >= 0.6 is 23.4 Å². The molecule has 1 aliphatic heterocycles. The van der Waals surface area contributed by atoms with Crippen LogP contribution in [0.1, 0.15) is 11.7 Å². The van der Waals surface area contributed by atoms with Crippen molar-refractivity contribution < 1.29 is 9.47 Å². The molecular weight excluding hydrogens is 274 g/mol. The first-order valence-electron chi connectivity index (χ1n) is 5.89. The van der Waals surface area contributed by atoms with Crippen LogP contribution in [0.5, 0.6) is 0 Å². The molecule has 2 atom stereocenters. The van der Waals surface area contributed by atoms with Crippen molar-refractivity contribution in [1.29, 1.82) is 0 Å². The Labute approximate surface area is 116 Å². The predicted molar refractivity (Wildman–Crippen MR) is 73.1 cm³/mol. The SMILES string of the molecule is COCCn1ncc(Cl)c1C(N)C1CSCCO1. The first kappa shape index (κ1) is 14.1. The second-order valence-corrected chi connectivity index (χ2v) is 5.66. The number of aromatic nitrogens is 2. The quantitative estimate of drug-likeness (QED) is 0.886. The van der Waals surface area contributed by atoms with Crippen molar-refractivity contribution >= 4 is 23.4 Å². The molecule has 2 N–H and O–H groups in total. The molecule has 0 spiro atoms. The monoisotopic (exact) mass is 291 g/mol. The van der Waals surface area contributed by atoms with Gasteiger partial charge < -0.3 is 15.2 Å². The summed E-state index contributed by atoms with van der Waals surface area (Å²) in [7, 11) is 1.66. The Morgan fingerprint density at radius 1 is 1.78 bits per heavy atom. The fraction of sp³-hybridized carbons (Fsp3) is 0.727. The molecule has 0 radical (unpaired) electrons. The maximum absolute atomic E-state index is 6.26. The Kier molecular flexibility index (Phi) is 5.32. The number of ether oxygens (including phenoxy) is 2. The number of hydrogen-bond acceptors (Lipinski definition) is 5. The zero-order valence-corrected chi connectivity index (χ0v) is 11.9. The van der Waals surface area contributed by atoms with Gasteiger partial charge in [0.15, 0.2) is 0 Å². The van der Waals surface area contributed by atoms with Crippen molar-refractivity contribution in [2.45, 2.75) is 18.7 Å². The molecule has 5 nitrogen and oxygen atoms in total. The van der Waals surface area contributed by atoms with Crippen molar-refractivity contribution in [3.05, 3.63) is 16.9 Å². The fourth-order valence-corrected chi connectivity index (χ4v) is 3.13. The Balaban J connectivity index is 2.12. The molecule has 1 saturated heterocycles. The van der Waals surface area contributed by atoms with Crippen LogP contribution in [0.15, 0.2) is 6.20 Å². The molecule has 102 valence electrons. The van der Waals surface area contributed by atoms with Crippen LogP contribution < -0.4 is 5.73 Å². The highest BCUT2D eigenvalue weighted by atomic mass is 35.5. The average molecular weight is 292 g/mol. The number of thioether (sulfide) groups is 1. The topological polar surface area (TPSA) is 62.3 Å². The third-order valence-corrected chi connectivity index (χ3v) is 4.21. The highest BCUT2D eigenvalue weighted by Gasteiger charge is 2.27. The van der Waals surface area contributed by atoms with Gasteiger partial charge in [-0.25, -0.2) is 0 Å². The van der Waals surface area contributed by atoms with E-state index in [1.54, 1.807) is 18.0 Å². The molecule has 0 amide bonds. The zero-order chi connectivity index (χ0) is 13.0. The van der Waals surface area contributed by atoms with Crippen molar-refractivity contribution in [2.75, 3.05) is 31.8 Å². The Morgan fingerprint density at radius 3 is 3.28 bits per heavy atom. The van der Waals surface area contributed by atoms with E-state index in [9.17, 15) is 0 Å². The minimum absolute atomic E-state index is 0.000699. The molecule has 7 heteroatoms. The Morgan fingerprint density at radius 2 is 2.61 bits per heavy atom. The molecule has 18 heavy (non-hydrogen) atoms. The number of hydrogen-bond donors (Lipinski definition) is 1. The van der Waals surface area contributed by atoms with Gasteiger partial charge in [-0.3, -0.25) is 4.68 Å². The summed E-state index contributed by atoms with van der Waals surface area (Å²) in [4.78, 5) is 0. The highest BCUT2D eigenvalue weighted by molar-refractivity contribution is 7.99. The first-order valence-corrected chi connectivity index (χ1v) is 7.42. The molecule has 0 aliphatic carbocycles. The molecule has 1 aromatic heterocycles. The predicted octanol–water partition coefficient (Wildman–Crippen LogP) is 1.31. The van der Waals surface area contributed by atoms with E-state index in [4.69, 9.17) is 26.8 Å². The molecule has 2 unspecified atom stereocenters. The van der Waals surface area contributed by atoms with Gasteiger partial charge in [-0.2, -0.15) is 16.9 Å². The number of nitrogens with two attached hydrogens (primary N) is 1. The minimum Gasteiger partial charge on any atom is -0.383 e. The third-order valence-electron chi connectivity index (χ3n) is 2.90. The van der Waals surface area contributed by atoms with E-state index in [0.717, 1.165) is 23.8 Å². The van der Waals surface area contributed by atoms with Crippen LogP contribution in [0.3, 0.4) is 0 Å². The van der Waals surface area contributed by atoms with Crippen LogP contribution in [0.25, 0.3) is 0 Å². The number of rotatable bonds is 5. The second kappa shape index (κ2) is 6.77. The maximum atomic E-state index is 6.26. The van der Waals surface area contributed by atoms with Gasteiger partial charge in [0.05, 0.1) is 48.8 Å². The minimum atomic E-state index is -0.246. The van der Waals surface area contributed by atoms with E-state index in [0.29, 0.717) is 18.2 Å². The molecule has 0 saturated carbocycles. The van der Waals surface area contributed by atoms with E-state index in [1.807, 2.05) is 11.8 Å². The molecule has 0 aromatic carbocycles. The Bertz CT molecular complexity index is 382. The largest absolute Gasteiger partial charge is 0.383 e. The van der Waals surface area contributed by atoms with E-state index in [1.165, 1.54) is 0 Å². The smallest absolute Gasteiger partial charge is 0.0873 e. The van der Waals surface area contributed by atoms with Crippen molar-refractivity contribution in [2.24, 2.45) is 5.73 Å². The summed E-state index contributed by atoms with van der Waals surface area (Å²) in [5.41, 5.74) is 7.10. The summed E-state index contributed by atoms with van der Waals surface area (Å²) in [5, 5.41) is 4.83. The molecular formula is C11H18ClN3O2S. The van der Waals surface area contributed by atoms with Gasteiger partial charge in [-0.15, -0.1) is 0 Å². The standard InChI is InChI=1S/C11H18ClN3O2S/c1-16-3-2-15-11(8(12)6-14-15)10(13)9-7-18-5-4-17-9/h6,9-10H,2-5,7,13H2,1H3. The third kappa shape index (κ3) is 3.19. The summed E-state index contributed by atoms with van der Waals surface area (Å²) in [6.07, 6.45) is 1.63. The lowest BCUT2D eigenvalue weighted by Crippen LogP contribution is -2.36. The van der Waals surface area contributed by atoms with Gasteiger partial charge in [-0.1, -0.05) is 11.6 Å². The van der Waals surface area contributed by atoms with Crippen LogP contribution in [-0.2, 0) is 16.0 Å². The zero-order valence-electron chi connectivity index (χ0n) is 10.3. The number of nitrogens with zero attached hydrogens (tertiary/aromatic N) is 2. The van der Waals surface area contributed by atoms with Crippen LogP contribution in [0, 0.1) is 0 Å². The summed E-state index contributed by atoms with van der Waals surface area (Å²) in [5.74, 6) is 1.92. The Hall–Kier alpha value is -0.270. The molecule has 2 heterocycles.